The van der Waals surface area contributed by atoms with E-state index in [9.17, 15) is 4.79 Å². The molecule has 2 unspecified atom stereocenters. The van der Waals surface area contributed by atoms with E-state index in [1.807, 2.05) is 51.1 Å². The maximum absolute atomic E-state index is 12.7. The van der Waals surface area contributed by atoms with Gasteiger partial charge in [0.1, 0.15) is 11.6 Å². The number of aryl methyl sites for hydroxylation is 2. The maximum atomic E-state index is 12.7. The van der Waals surface area contributed by atoms with Crippen molar-refractivity contribution in [3.63, 3.8) is 0 Å². The van der Waals surface area contributed by atoms with Crippen molar-refractivity contribution in [2.75, 3.05) is 6.61 Å². The zero-order valence-electron chi connectivity index (χ0n) is 14.4. The number of aromatic nitrogens is 2. The SMILES string of the molecule is CCOc1ccc(C(=O)C2CCC(c3nc(C)cc(C)n3)N2)cc1. The Morgan fingerprint density at radius 1 is 1.17 bits per heavy atom. The molecule has 0 bridgehead atoms. The normalized spacial score (nSPS) is 20.1. The number of carbonyl (C=O) groups is 1. The minimum absolute atomic E-state index is 0.0419. The van der Waals surface area contributed by atoms with E-state index in [0.29, 0.717) is 12.2 Å². The highest BCUT2D eigenvalue weighted by Crippen LogP contribution is 2.26. The van der Waals surface area contributed by atoms with Gasteiger partial charge >= 0.3 is 0 Å². The third-order valence-electron chi connectivity index (χ3n) is 4.22. The molecule has 24 heavy (non-hydrogen) atoms. The molecule has 0 spiro atoms. The first-order valence-electron chi connectivity index (χ1n) is 8.42. The average molecular weight is 325 g/mol. The smallest absolute Gasteiger partial charge is 0.179 e. The summed E-state index contributed by atoms with van der Waals surface area (Å²) in [5.41, 5.74) is 2.62. The highest BCUT2D eigenvalue weighted by Gasteiger charge is 2.32. The second-order valence-electron chi connectivity index (χ2n) is 6.18. The summed E-state index contributed by atoms with van der Waals surface area (Å²) in [6.07, 6.45) is 1.67. The van der Waals surface area contributed by atoms with Gasteiger partial charge in [-0.3, -0.25) is 10.1 Å². The highest BCUT2D eigenvalue weighted by atomic mass is 16.5. The monoisotopic (exact) mass is 325 g/mol. The lowest BCUT2D eigenvalue weighted by Crippen LogP contribution is -2.33. The third-order valence-corrected chi connectivity index (χ3v) is 4.22. The molecule has 0 aliphatic carbocycles. The quantitative estimate of drug-likeness (QED) is 0.856. The van der Waals surface area contributed by atoms with Crippen molar-refractivity contribution in [1.82, 2.24) is 15.3 Å². The summed E-state index contributed by atoms with van der Waals surface area (Å²) in [7, 11) is 0. The molecule has 3 rings (SSSR count). The van der Waals surface area contributed by atoms with Crippen molar-refractivity contribution in [3.8, 4) is 5.75 Å². The molecule has 1 N–H and O–H groups in total. The van der Waals surface area contributed by atoms with Crippen LogP contribution in [0.25, 0.3) is 0 Å². The molecular formula is C19H23N3O2. The zero-order chi connectivity index (χ0) is 17.1. The van der Waals surface area contributed by atoms with Crippen molar-refractivity contribution in [2.45, 2.75) is 45.7 Å². The van der Waals surface area contributed by atoms with E-state index in [0.717, 1.165) is 35.8 Å². The molecule has 0 radical (unpaired) electrons. The van der Waals surface area contributed by atoms with Crippen molar-refractivity contribution in [3.05, 3.63) is 53.1 Å². The summed E-state index contributed by atoms with van der Waals surface area (Å²) < 4.78 is 5.42. The van der Waals surface area contributed by atoms with Gasteiger partial charge < -0.3 is 4.74 Å². The van der Waals surface area contributed by atoms with Gasteiger partial charge in [0.2, 0.25) is 0 Å². The van der Waals surface area contributed by atoms with Gasteiger partial charge in [-0.05, 0) is 63.9 Å². The summed E-state index contributed by atoms with van der Waals surface area (Å²) in [5, 5.41) is 3.39. The van der Waals surface area contributed by atoms with E-state index in [2.05, 4.69) is 15.3 Å². The van der Waals surface area contributed by atoms with Gasteiger partial charge in [0.25, 0.3) is 0 Å². The Kier molecular flexibility index (Phi) is 4.90. The number of hydrogen-bond donors (Lipinski definition) is 1. The number of Topliss-reactive ketones (excluding diaryl/α,β-unsaturated/α-hetero) is 1. The lowest BCUT2D eigenvalue weighted by Gasteiger charge is -2.14. The van der Waals surface area contributed by atoms with Crippen LogP contribution in [-0.4, -0.2) is 28.4 Å². The van der Waals surface area contributed by atoms with Gasteiger partial charge in [0, 0.05) is 17.0 Å². The molecule has 1 aliphatic heterocycles. The molecule has 2 heterocycles. The Morgan fingerprint density at radius 3 is 2.46 bits per heavy atom. The van der Waals surface area contributed by atoms with Gasteiger partial charge in [0.15, 0.2) is 5.78 Å². The Balaban J connectivity index is 1.69. The minimum Gasteiger partial charge on any atom is -0.494 e. The lowest BCUT2D eigenvalue weighted by molar-refractivity contribution is 0.0950. The fraction of sp³-hybridized carbons (Fsp3) is 0.421. The number of ketones is 1. The molecule has 1 fully saturated rings. The van der Waals surface area contributed by atoms with Crippen LogP contribution in [-0.2, 0) is 0 Å². The molecule has 0 amide bonds. The second kappa shape index (κ2) is 7.09. The number of hydrogen-bond acceptors (Lipinski definition) is 5. The Morgan fingerprint density at radius 2 is 1.83 bits per heavy atom. The molecule has 1 saturated heterocycles. The van der Waals surface area contributed by atoms with Crippen LogP contribution in [0, 0.1) is 13.8 Å². The van der Waals surface area contributed by atoms with E-state index in [1.165, 1.54) is 0 Å². The van der Waals surface area contributed by atoms with Gasteiger partial charge in [-0.25, -0.2) is 9.97 Å². The first kappa shape index (κ1) is 16.6. The summed E-state index contributed by atoms with van der Waals surface area (Å²) in [6, 6.07) is 9.16. The van der Waals surface area contributed by atoms with Gasteiger partial charge in [-0.15, -0.1) is 0 Å². The number of benzene rings is 1. The second-order valence-corrected chi connectivity index (χ2v) is 6.18. The first-order chi connectivity index (χ1) is 11.6. The summed E-state index contributed by atoms with van der Waals surface area (Å²) in [6.45, 7) is 6.50. The van der Waals surface area contributed by atoms with Crippen LogP contribution in [0.15, 0.2) is 30.3 Å². The third kappa shape index (κ3) is 3.62. The van der Waals surface area contributed by atoms with Crippen LogP contribution >= 0.6 is 0 Å². The molecule has 0 saturated carbocycles. The molecule has 5 nitrogen and oxygen atoms in total. The van der Waals surface area contributed by atoms with Crippen LogP contribution in [0.3, 0.4) is 0 Å². The van der Waals surface area contributed by atoms with Gasteiger partial charge in [0.05, 0.1) is 18.7 Å². The summed E-state index contributed by atoms with van der Waals surface area (Å²) in [5.74, 6) is 1.69. The van der Waals surface area contributed by atoms with Crippen LogP contribution in [0.4, 0.5) is 0 Å². The first-order valence-corrected chi connectivity index (χ1v) is 8.42. The van der Waals surface area contributed by atoms with E-state index in [-0.39, 0.29) is 17.9 Å². The van der Waals surface area contributed by atoms with E-state index in [4.69, 9.17) is 4.74 Å². The van der Waals surface area contributed by atoms with E-state index in [1.54, 1.807) is 0 Å². The standard InChI is InChI=1S/C19H23N3O2/c1-4-24-15-7-5-14(6-8-15)18(23)16-9-10-17(22-16)19-20-12(2)11-13(3)21-19/h5-8,11,16-17,22H,4,9-10H2,1-3H3. The average Bonchev–Trinajstić information content (AvgIpc) is 3.04. The minimum atomic E-state index is -0.183. The van der Waals surface area contributed by atoms with Crippen LogP contribution in [0.1, 0.15) is 53.4 Å². The molecule has 2 atom stereocenters. The maximum Gasteiger partial charge on any atom is 0.179 e. The van der Waals surface area contributed by atoms with Crippen LogP contribution < -0.4 is 10.1 Å². The number of ether oxygens (including phenoxy) is 1. The number of rotatable bonds is 5. The fourth-order valence-electron chi connectivity index (χ4n) is 3.15. The predicted octanol–water partition coefficient (Wildman–Crippen LogP) is 3.17. The van der Waals surface area contributed by atoms with E-state index < -0.39 is 0 Å². The van der Waals surface area contributed by atoms with Gasteiger partial charge in [-0.1, -0.05) is 0 Å². The largest absolute Gasteiger partial charge is 0.494 e. The highest BCUT2D eigenvalue weighted by molar-refractivity contribution is 6.00. The lowest BCUT2D eigenvalue weighted by atomic mass is 10.0. The van der Waals surface area contributed by atoms with Crippen molar-refractivity contribution in [2.24, 2.45) is 0 Å². The van der Waals surface area contributed by atoms with Crippen molar-refractivity contribution >= 4 is 5.78 Å². The molecular weight excluding hydrogens is 302 g/mol. The van der Waals surface area contributed by atoms with Crippen LogP contribution in [0.5, 0.6) is 5.75 Å². The molecule has 1 aliphatic rings. The number of nitrogens with one attached hydrogen (secondary N) is 1. The Labute approximate surface area is 142 Å². The fourth-order valence-corrected chi connectivity index (χ4v) is 3.15. The number of nitrogens with zero attached hydrogens (tertiary/aromatic N) is 2. The molecule has 5 heteroatoms. The van der Waals surface area contributed by atoms with Crippen molar-refractivity contribution < 1.29 is 9.53 Å². The Hall–Kier alpha value is -2.27. The molecule has 126 valence electrons. The van der Waals surface area contributed by atoms with E-state index >= 15 is 0 Å². The predicted molar refractivity (Wildman–Crippen MR) is 92.3 cm³/mol. The molecule has 2 aromatic rings. The summed E-state index contributed by atoms with van der Waals surface area (Å²) >= 11 is 0. The number of carbonyl (C=O) groups excluding carboxylic acids is 1. The van der Waals surface area contributed by atoms with Gasteiger partial charge in [-0.2, -0.15) is 0 Å². The Bertz CT molecular complexity index is 708. The molecule has 1 aromatic carbocycles. The molecule has 1 aromatic heterocycles. The zero-order valence-corrected chi connectivity index (χ0v) is 14.4. The van der Waals surface area contributed by atoms with Crippen LogP contribution in [0.2, 0.25) is 0 Å². The summed E-state index contributed by atoms with van der Waals surface area (Å²) in [4.78, 5) is 21.7. The van der Waals surface area contributed by atoms with Crippen molar-refractivity contribution in [1.29, 1.82) is 0 Å². The topological polar surface area (TPSA) is 64.1 Å².